The number of likely N-dealkylation sites (N-methyl/N-ethyl adjacent to an activating group) is 1. The zero-order valence-electron chi connectivity index (χ0n) is 23.6. The number of aliphatic hydroxyl groups excluding tert-OH is 1. The molecule has 40 heavy (non-hydrogen) atoms. The molecule has 0 unspecified atom stereocenters. The molecule has 0 aromatic heterocycles. The molecular formula is C30H41N5O5. The number of hydrogen-bond acceptors (Lipinski definition) is 5. The molecule has 2 aliphatic rings. The Morgan fingerprint density at radius 3 is 2.50 bits per heavy atom. The molecule has 2 aromatic rings. The summed E-state index contributed by atoms with van der Waals surface area (Å²) in [7, 11) is 1.70. The molecule has 1 fully saturated rings. The number of para-hydroxylation sites is 1. The van der Waals surface area contributed by atoms with E-state index in [2.05, 4.69) is 16.0 Å². The molecule has 4 rings (SSSR count). The fourth-order valence-corrected chi connectivity index (χ4v) is 5.21. The maximum atomic E-state index is 13.7. The molecule has 216 valence electrons. The van der Waals surface area contributed by atoms with Crippen LogP contribution in [0.5, 0.6) is 5.75 Å². The molecule has 0 radical (unpaired) electrons. The van der Waals surface area contributed by atoms with Gasteiger partial charge in [-0.25, -0.2) is 9.59 Å². The van der Waals surface area contributed by atoms with E-state index in [1.54, 1.807) is 42.0 Å². The number of nitrogens with one attached hydrogen (secondary N) is 3. The second-order valence-electron chi connectivity index (χ2n) is 10.9. The van der Waals surface area contributed by atoms with Gasteiger partial charge in [0.1, 0.15) is 11.9 Å². The van der Waals surface area contributed by atoms with E-state index in [9.17, 15) is 19.5 Å². The van der Waals surface area contributed by atoms with Gasteiger partial charge in [-0.3, -0.25) is 4.79 Å². The third kappa shape index (κ3) is 7.44. The molecule has 0 bridgehead atoms. The lowest BCUT2D eigenvalue weighted by Crippen LogP contribution is -2.50. The molecule has 1 heterocycles. The molecule has 0 spiro atoms. The van der Waals surface area contributed by atoms with Crippen LogP contribution in [0, 0.1) is 5.92 Å². The summed E-state index contributed by atoms with van der Waals surface area (Å²) < 4.78 is 6.37. The van der Waals surface area contributed by atoms with Gasteiger partial charge in [0.2, 0.25) is 0 Å². The van der Waals surface area contributed by atoms with E-state index in [1.165, 1.54) is 6.42 Å². The molecule has 10 nitrogen and oxygen atoms in total. The van der Waals surface area contributed by atoms with E-state index in [4.69, 9.17) is 4.74 Å². The third-order valence-electron chi connectivity index (χ3n) is 7.69. The number of carbonyl (C=O) groups excluding carboxylic acids is 3. The number of benzene rings is 2. The van der Waals surface area contributed by atoms with Gasteiger partial charge < -0.3 is 35.6 Å². The maximum absolute atomic E-state index is 13.7. The zero-order chi connectivity index (χ0) is 28.6. The minimum absolute atomic E-state index is 0.142. The fourth-order valence-electron chi connectivity index (χ4n) is 5.21. The van der Waals surface area contributed by atoms with Crippen LogP contribution in [0.3, 0.4) is 0 Å². The topological polar surface area (TPSA) is 123 Å². The van der Waals surface area contributed by atoms with Crippen molar-refractivity contribution in [2.45, 2.75) is 64.1 Å². The minimum atomic E-state index is -0.430. The van der Waals surface area contributed by atoms with Crippen molar-refractivity contribution in [1.29, 1.82) is 0 Å². The van der Waals surface area contributed by atoms with Gasteiger partial charge >= 0.3 is 12.1 Å². The number of ether oxygens (including phenoxy) is 1. The van der Waals surface area contributed by atoms with Crippen LogP contribution in [0.25, 0.3) is 0 Å². The molecule has 1 aliphatic carbocycles. The Balaban J connectivity index is 1.53. The minimum Gasteiger partial charge on any atom is -0.487 e. The average molecular weight is 552 g/mol. The number of anilines is 2. The molecule has 0 saturated heterocycles. The first-order valence-corrected chi connectivity index (χ1v) is 14.1. The maximum Gasteiger partial charge on any atom is 0.321 e. The second kappa shape index (κ2) is 13.5. The first kappa shape index (κ1) is 29.2. The van der Waals surface area contributed by atoms with Gasteiger partial charge in [0.25, 0.3) is 5.91 Å². The summed E-state index contributed by atoms with van der Waals surface area (Å²) in [6, 6.07) is 13.4. The highest BCUT2D eigenvalue weighted by Crippen LogP contribution is 2.31. The average Bonchev–Trinajstić information content (AvgIpc) is 2.95. The van der Waals surface area contributed by atoms with Crippen LogP contribution in [-0.4, -0.2) is 77.8 Å². The number of aliphatic hydroxyl groups is 1. The largest absolute Gasteiger partial charge is 0.487 e. The molecule has 3 atom stereocenters. The van der Waals surface area contributed by atoms with Gasteiger partial charge in [-0.2, -0.15) is 0 Å². The first-order valence-electron chi connectivity index (χ1n) is 14.1. The van der Waals surface area contributed by atoms with Crippen molar-refractivity contribution >= 4 is 29.3 Å². The van der Waals surface area contributed by atoms with Gasteiger partial charge in [0.05, 0.1) is 24.8 Å². The van der Waals surface area contributed by atoms with Crippen LogP contribution in [0.2, 0.25) is 0 Å². The second-order valence-corrected chi connectivity index (χ2v) is 10.9. The van der Waals surface area contributed by atoms with Gasteiger partial charge in [0, 0.05) is 36.9 Å². The standard InChI is InChI=1S/C30H41N5O5/c1-20-17-35(21(2)19-36)28(37)25-16-24(32-29(38)31-22-10-6-4-7-11-22)14-15-26(25)40-27(20)18-34(3)30(39)33-23-12-8-5-9-13-23/h5,8-9,12-16,20-22,27,36H,4,6-7,10-11,17-19H2,1-3H3,(H,33,39)(H2,31,32,38)/t20-,21-,27-/m1/s1. The van der Waals surface area contributed by atoms with E-state index in [0.29, 0.717) is 29.2 Å². The van der Waals surface area contributed by atoms with Crippen molar-refractivity contribution in [3.8, 4) is 5.75 Å². The van der Waals surface area contributed by atoms with Crippen molar-refractivity contribution in [1.82, 2.24) is 15.1 Å². The highest BCUT2D eigenvalue weighted by Gasteiger charge is 2.34. The lowest BCUT2D eigenvalue weighted by atomic mass is 9.96. The van der Waals surface area contributed by atoms with Crippen LogP contribution in [0.15, 0.2) is 48.5 Å². The highest BCUT2D eigenvalue weighted by atomic mass is 16.5. The Morgan fingerprint density at radius 1 is 1.07 bits per heavy atom. The molecule has 1 saturated carbocycles. The quantitative estimate of drug-likeness (QED) is 0.403. The number of nitrogens with zero attached hydrogens (tertiary/aromatic N) is 2. The predicted molar refractivity (Wildman–Crippen MR) is 155 cm³/mol. The molecule has 10 heteroatoms. The van der Waals surface area contributed by atoms with Gasteiger partial charge in [-0.15, -0.1) is 0 Å². The Hall–Kier alpha value is -3.79. The number of hydrogen-bond donors (Lipinski definition) is 4. The predicted octanol–water partition coefficient (Wildman–Crippen LogP) is 4.52. The van der Waals surface area contributed by atoms with Crippen molar-refractivity contribution in [2.75, 3.05) is 37.4 Å². The molecule has 2 aromatic carbocycles. The van der Waals surface area contributed by atoms with E-state index in [0.717, 1.165) is 25.7 Å². The fraction of sp³-hybridized carbons (Fsp3) is 0.500. The van der Waals surface area contributed by atoms with Crippen LogP contribution in [0.4, 0.5) is 21.0 Å². The Kier molecular flexibility index (Phi) is 9.87. The summed E-state index contributed by atoms with van der Waals surface area (Å²) >= 11 is 0. The van der Waals surface area contributed by atoms with E-state index in [1.807, 2.05) is 37.3 Å². The summed E-state index contributed by atoms with van der Waals surface area (Å²) in [6.45, 7) is 4.17. The zero-order valence-corrected chi connectivity index (χ0v) is 23.6. The van der Waals surface area contributed by atoms with Gasteiger partial charge in [-0.05, 0) is 50.1 Å². The summed E-state index contributed by atoms with van der Waals surface area (Å²) in [5.74, 6) is -0.0580. The Labute approximate surface area is 236 Å². The van der Waals surface area contributed by atoms with Crippen molar-refractivity contribution < 1.29 is 24.2 Å². The lowest BCUT2D eigenvalue weighted by molar-refractivity contribution is 0.0371. The highest BCUT2D eigenvalue weighted by molar-refractivity contribution is 5.99. The summed E-state index contributed by atoms with van der Waals surface area (Å²) in [5, 5.41) is 18.7. The summed E-state index contributed by atoms with van der Waals surface area (Å²) in [5.41, 5.74) is 1.46. The van der Waals surface area contributed by atoms with E-state index in [-0.39, 0.29) is 43.1 Å². The van der Waals surface area contributed by atoms with E-state index < -0.39 is 12.1 Å². The number of amides is 5. The first-order chi connectivity index (χ1) is 19.2. The molecular weight excluding hydrogens is 510 g/mol. The smallest absolute Gasteiger partial charge is 0.321 e. The number of rotatable bonds is 7. The SMILES string of the molecule is C[C@@H]1CN([C@H](C)CO)C(=O)c2cc(NC(=O)NC3CCCCC3)ccc2O[C@@H]1CN(C)C(=O)Nc1ccccc1. The third-order valence-corrected chi connectivity index (χ3v) is 7.69. The van der Waals surface area contributed by atoms with Gasteiger partial charge in [-0.1, -0.05) is 44.4 Å². The van der Waals surface area contributed by atoms with Crippen LogP contribution < -0.4 is 20.7 Å². The monoisotopic (exact) mass is 551 g/mol. The molecule has 4 N–H and O–H groups in total. The number of fused-ring (bicyclic) bond motifs is 1. The summed E-state index contributed by atoms with van der Waals surface area (Å²) in [6.07, 6.45) is 4.92. The van der Waals surface area contributed by atoms with Crippen LogP contribution in [0.1, 0.15) is 56.3 Å². The Morgan fingerprint density at radius 2 is 1.80 bits per heavy atom. The normalized spacial score (nSPS) is 20.3. The van der Waals surface area contributed by atoms with Crippen molar-refractivity contribution in [3.63, 3.8) is 0 Å². The van der Waals surface area contributed by atoms with Crippen LogP contribution in [-0.2, 0) is 0 Å². The van der Waals surface area contributed by atoms with Crippen LogP contribution >= 0.6 is 0 Å². The van der Waals surface area contributed by atoms with Crippen molar-refractivity contribution in [2.24, 2.45) is 5.92 Å². The number of carbonyl (C=O) groups is 3. The lowest BCUT2D eigenvalue weighted by Gasteiger charge is -2.38. The summed E-state index contributed by atoms with van der Waals surface area (Å²) in [4.78, 5) is 42.4. The van der Waals surface area contributed by atoms with E-state index >= 15 is 0 Å². The Bertz CT molecular complexity index is 1170. The van der Waals surface area contributed by atoms with Gasteiger partial charge in [0.15, 0.2) is 0 Å². The van der Waals surface area contributed by atoms with Crippen molar-refractivity contribution in [3.05, 3.63) is 54.1 Å². The molecule has 1 aliphatic heterocycles. The molecule has 5 amide bonds. The number of urea groups is 2.